The molecule has 0 saturated carbocycles. The molecule has 210 valence electrons. The van der Waals surface area contributed by atoms with E-state index in [1.807, 2.05) is 0 Å². The van der Waals surface area contributed by atoms with Crippen molar-refractivity contribution in [2.24, 2.45) is 14.1 Å². The first-order chi connectivity index (χ1) is 16.8. The molecule has 0 spiro atoms. The van der Waals surface area contributed by atoms with Crippen LogP contribution in [0, 0.1) is 14.0 Å². The molecule has 2 aromatic heterocycles. The molecule has 2 rings (SSSR count). The zero-order valence-electron chi connectivity index (χ0n) is 21.2. The number of nitrogens with zero attached hydrogens (tertiary/aromatic N) is 2. The molecule has 2 radical (unpaired) electrons. The molecule has 0 atom stereocenters. The molecule has 0 aliphatic rings. The number of aromatic nitrogens is 2. The molecule has 2 aromatic rings. The van der Waals surface area contributed by atoms with Crippen molar-refractivity contribution in [1.82, 2.24) is 30.4 Å². The van der Waals surface area contributed by atoms with Gasteiger partial charge in [0.05, 0.1) is 30.5 Å². The minimum absolute atomic E-state index is 0. The smallest absolute Gasteiger partial charge is 0.269 e. The third-order valence-electron chi connectivity index (χ3n) is 4.29. The van der Waals surface area contributed by atoms with E-state index in [9.17, 15) is 28.8 Å². The normalized spacial score (nSPS) is 9.18. The van der Waals surface area contributed by atoms with E-state index in [0.717, 1.165) is 0 Å². The second-order valence-corrected chi connectivity index (χ2v) is 7.38. The van der Waals surface area contributed by atoms with Gasteiger partial charge in [-0.25, -0.2) is 0 Å². The van der Waals surface area contributed by atoms with Crippen LogP contribution in [0.3, 0.4) is 0 Å². The average Bonchev–Trinajstić information content (AvgIpc) is 3.32. The molecule has 0 unspecified atom stereocenters. The molecular weight excluding hydrogens is 845 g/mol. The summed E-state index contributed by atoms with van der Waals surface area (Å²) in [6.07, 6.45) is 3.19. The monoisotopic (exact) mass is 876 g/mol. The minimum Gasteiger partial charge on any atom is -0.503 e. The second kappa shape index (κ2) is 17.9. The Hall–Kier alpha value is -3.43. The van der Waals surface area contributed by atoms with E-state index in [2.05, 4.69) is 45.9 Å². The van der Waals surface area contributed by atoms with Crippen LogP contribution in [0.1, 0.15) is 34.8 Å². The molecule has 38 heavy (non-hydrogen) atoms. The first-order valence-corrected chi connectivity index (χ1v) is 10.4. The van der Waals surface area contributed by atoms with E-state index < -0.39 is 5.91 Å². The number of amides is 6. The van der Waals surface area contributed by atoms with Crippen molar-refractivity contribution >= 4 is 46.8 Å². The van der Waals surface area contributed by atoms with Crippen LogP contribution in [0.25, 0.3) is 0 Å². The maximum absolute atomic E-state index is 11.7. The van der Waals surface area contributed by atoms with Crippen LogP contribution in [-0.4, -0.2) is 57.8 Å². The largest absolute Gasteiger partial charge is 0.503 e. The van der Waals surface area contributed by atoms with Gasteiger partial charge in [-0.15, -0.1) is 0 Å². The fraction of sp³-hybridized carbons (Fsp3) is 0.273. The van der Waals surface area contributed by atoms with Crippen LogP contribution in [0.15, 0.2) is 24.5 Å². The quantitative estimate of drug-likeness (QED) is 0.150. The first-order valence-electron chi connectivity index (χ1n) is 10.4. The number of anilines is 2. The number of carbonyl (C=O) groups excluding carboxylic acids is 6. The van der Waals surface area contributed by atoms with E-state index in [4.69, 9.17) is 0 Å². The van der Waals surface area contributed by atoms with Crippen molar-refractivity contribution in [3.63, 3.8) is 0 Å². The van der Waals surface area contributed by atoms with Gasteiger partial charge < -0.3 is 52.8 Å². The Kier molecular flexibility index (Phi) is 17.3. The van der Waals surface area contributed by atoms with Crippen LogP contribution in [0.2, 0.25) is 0 Å². The van der Waals surface area contributed by atoms with Crippen LogP contribution in [0.4, 0.5) is 11.4 Å². The van der Waals surface area contributed by atoms with Crippen molar-refractivity contribution in [1.29, 1.82) is 0 Å². The number of rotatable bonds is 8. The number of carbonyl (C=O) groups is 6. The molecular formula is C22H30N8O6Re2-2. The summed E-state index contributed by atoms with van der Waals surface area (Å²) in [7, 11) is 6.62. The topological polar surface area (TPSA) is 184 Å². The summed E-state index contributed by atoms with van der Waals surface area (Å²) in [5.74, 6) is -2.03. The Labute approximate surface area is 247 Å². The number of aryl methyl sites for hydroxylation is 2. The first kappa shape index (κ1) is 36.7. The van der Waals surface area contributed by atoms with Crippen LogP contribution < -0.4 is 31.9 Å². The Bertz CT molecular complexity index is 1150. The van der Waals surface area contributed by atoms with Gasteiger partial charge in [0, 0.05) is 81.2 Å². The summed E-state index contributed by atoms with van der Waals surface area (Å²) in [5, 5.41) is 14.6. The Morgan fingerprint density at radius 2 is 1.24 bits per heavy atom. The molecule has 16 heteroatoms. The number of hydrogen-bond acceptors (Lipinski definition) is 6. The molecule has 14 nitrogen and oxygen atoms in total. The predicted molar refractivity (Wildman–Crippen MR) is 131 cm³/mol. The fourth-order valence-electron chi connectivity index (χ4n) is 2.72. The van der Waals surface area contributed by atoms with E-state index >= 15 is 0 Å². The summed E-state index contributed by atoms with van der Waals surface area (Å²) in [6.45, 7) is 5.80. The summed E-state index contributed by atoms with van der Waals surface area (Å²) >= 11 is 0. The van der Waals surface area contributed by atoms with Gasteiger partial charge in [-0.05, 0) is 12.1 Å². The van der Waals surface area contributed by atoms with Crippen molar-refractivity contribution in [3.8, 4) is 0 Å². The zero-order valence-corrected chi connectivity index (χ0v) is 26.7. The van der Waals surface area contributed by atoms with Gasteiger partial charge >= 0.3 is 0 Å². The Balaban J connectivity index is 0. The molecule has 6 N–H and O–H groups in total. The number of hydrogen-bond donors (Lipinski definition) is 6. The summed E-state index contributed by atoms with van der Waals surface area (Å²) < 4.78 is 3.13. The molecule has 0 aliphatic carbocycles. The standard InChI is InChI=1S/2C11H15N4O3.2Re/c1-7(16)13-5-10(17)14-8-4-9(11(18)12-2)15(3)6-8;1-7(16)12-6-13-11(18)10-4-9(5-15(10)3)14-8(2)17;;/h4,6H,2,5H2,1,3H3,(H,12,18)(H,13,16)(H,14,17);4-5H,2,6H2,1,3H3,(H,12,16)(H,13,18)(H,14,17);;/q2*-1;;. The van der Waals surface area contributed by atoms with Crippen molar-refractivity contribution in [2.75, 3.05) is 23.8 Å². The molecule has 0 fully saturated rings. The zero-order chi connectivity index (χ0) is 27.4. The third kappa shape index (κ3) is 13.2. The summed E-state index contributed by atoms with van der Waals surface area (Å²) in [5.41, 5.74) is 1.71. The van der Waals surface area contributed by atoms with E-state index in [1.54, 1.807) is 35.6 Å². The Morgan fingerprint density at radius 1 is 0.763 bits per heavy atom. The van der Waals surface area contributed by atoms with E-state index in [1.165, 1.54) is 26.0 Å². The third-order valence-corrected chi connectivity index (χ3v) is 4.29. The second-order valence-electron chi connectivity index (χ2n) is 7.38. The van der Waals surface area contributed by atoms with Gasteiger partial charge in [0.25, 0.3) is 5.91 Å². The summed E-state index contributed by atoms with van der Waals surface area (Å²) in [4.78, 5) is 66.6. The van der Waals surface area contributed by atoms with Gasteiger partial charge in [0.15, 0.2) is 0 Å². The van der Waals surface area contributed by atoms with E-state index in [0.29, 0.717) is 22.8 Å². The van der Waals surface area contributed by atoms with Crippen LogP contribution in [-0.2, 0) is 74.1 Å². The minimum atomic E-state index is -0.453. The fourth-order valence-corrected chi connectivity index (χ4v) is 2.72. The molecule has 6 amide bonds. The van der Waals surface area contributed by atoms with Gasteiger partial charge in [-0.1, -0.05) is 0 Å². The van der Waals surface area contributed by atoms with Crippen molar-refractivity contribution < 1.29 is 69.6 Å². The van der Waals surface area contributed by atoms with E-state index in [-0.39, 0.29) is 83.6 Å². The Morgan fingerprint density at radius 3 is 1.68 bits per heavy atom. The van der Waals surface area contributed by atoms with Gasteiger partial charge in [-0.2, -0.15) is 0 Å². The average molecular weight is 875 g/mol. The van der Waals surface area contributed by atoms with Gasteiger partial charge in [0.2, 0.25) is 23.6 Å². The summed E-state index contributed by atoms with van der Waals surface area (Å²) in [6, 6.07) is 3.04. The van der Waals surface area contributed by atoms with Crippen LogP contribution >= 0.6 is 0 Å². The maximum Gasteiger partial charge on any atom is 0.269 e. The molecule has 0 aliphatic heterocycles. The van der Waals surface area contributed by atoms with Crippen molar-refractivity contribution in [3.05, 3.63) is 49.9 Å². The molecule has 0 aromatic carbocycles. The SMILES string of the molecule is [CH2-]C(=O)Nc1cc(C(=O)NCNC(C)=O)n(C)c1.[CH2-]NC(=O)c1cc(NC(=O)CNC(C)=O)cn1C.[Re].[Re]. The van der Waals surface area contributed by atoms with Crippen LogP contribution in [0.5, 0.6) is 0 Å². The van der Waals surface area contributed by atoms with Crippen molar-refractivity contribution in [2.45, 2.75) is 13.8 Å². The predicted octanol–water partition coefficient (Wildman–Crippen LogP) is -0.763. The maximum atomic E-state index is 11.7. The molecule has 2 heterocycles. The molecule has 0 saturated heterocycles. The molecule has 0 bridgehead atoms. The number of nitrogens with one attached hydrogen (secondary N) is 6. The van der Waals surface area contributed by atoms with Gasteiger partial charge in [-0.3, -0.25) is 31.0 Å². The van der Waals surface area contributed by atoms with Gasteiger partial charge in [0.1, 0.15) is 11.4 Å².